The molecule has 1 unspecified atom stereocenters. The molecule has 7 heteroatoms. The highest BCUT2D eigenvalue weighted by atomic mass is 16.5. The van der Waals surface area contributed by atoms with Gasteiger partial charge >= 0.3 is 0 Å². The summed E-state index contributed by atoms with van der Waals surface area (Å²) in [6, 6.07) is 1.50. The first-order chi connectivity index (χ1) is 11.5. The van der Waals surface area contributed by atoms with Gasteiger partial charge in [0.05, 0.1) is 6.04 Å². The Kier molecular flexibility index (Phi) is 6.78. The van der Waals surface area contributed by atoms with Gasteiger partial charge in [0.2, 0.25) is 11.8 Å². The average Bonchev–Trinajstić information content (AvgIpc) is 2.98. The molecule has 0 aliphatic carbocycles. The SMILES string of the molecule is CCCNC(=O)C1CCN(C(CC)C(=O)Nc2cc(C)on2)CC1. The number of likely N-dealkylation sites (tertiary alicyclic amines) is 1. The number of aromatic nitrogens is 1. The van der Waals surface area contributed by atoms with Gasteiger partial charge in [-0.05, 0) is 45.7 Å². The molecular weight excluding hydrogens is 308 g/mol. The normalized spacial score (nSPS) is 17.5. The number of amides is 2. The Bertz CT molecular complexity index is 550. The second-order valence-electron chi connectivity index (χ2n) is 6.34. The number of nitrogens with zero attached hydrogens (tertiary/aromatic N) is 2. The lowest BCUT2D eigenvalue weighted by Gasteiger charge is -2.35. The molecule has 2 amide bonds. The highest BCUT2D eigenvalue weighted by Gasteiger charge is 2.31. The molecule has 7 nitrogen and oxygen atoms in total. The first-order valence-electron chi connectivity index (χ1n) is 8.81. The summed E-state index contributed by atoms with van der Waals surface area (Å²) in [5.41, 5.74) is 0. The van der Waals surface area contributed by atoms with E-state index in [9.17, 15) is 9.59 Å². The third kappa shape index (κ3) is 4.80. The van der Waals surface area contributed by atoms with E-state index < -0.39 is 0 Å². The van der Waals surface area contributed by atoms with Crippen molar-refractivity contribution in [1.29, 1.82) is 0 Å². The van der Waals surface area contributed by atoms with Crippen molar-refractivity contribution in [2.75, 3.05) is 25.0 Å². The summed E-state index contributed by atoms with van der Waals surface area (Å²) in [5, 5.41) is 9.57. The van der Waals surface area contributed by atoms with Crippen LogP contribution in [0.1, 0.15) is 45.3 Å². The number of hydrogen-bond donors (Lipinski definition) is 2. The van der Waals surface area contributed by atoms with E-state index in [0.717, 1.165) is 45.3 Å². The molecule has 0 radical (unpaired) electrons. The summed E-state index contributed by atoms with van der Waals surface area (Å²) in [7, 11) is 0. The van der Waals surface area contributed by atoms with Crippen molar-refractivity contribution in [2.24, 2.45) is 5.92 Å². The van der Waals surface area contributed by atoms with Gasteiger partial charge in [0.25, 0.3) is 0 Å². The maximum absolute atomic E-state index is 12.5. The van der Waals surface area contributed by atoms with Crippen molar-refractivity contribution in [3.63, 3.8) is 0 Å². The van der Waals surface area contributed by atoms with Gasteiger partial charge in [-0.15, -0.1) is 0 Å². The van der Waals surface area contributed by atoms with E-state index in [1.54, 1.807) is 13.0 Å². The standard InChI is InChI=1S/C17H28N4O3/c1-4-8-18-16(22)13-6-9-21(10-7-13)14(5-2)17(23)19-15-11-12(3)24-20-15/h11,13-14H,4-10H2,1-3H3,(H,18,22)(H,19,20,23). The topological polar surface area (TPSA) is 87.5 Å². The van der Waals surface area contributed by atoms with Gasteiger partial charge in [-0.1, -0.05) is 19.0 Å². The fourth-order valence-electron chi connectivity index (χ4n) is 3.11. The summed E-state index contributed by atoms with van der Waals surface area (Å²) in [6.07, 6.45) is 3.25. The zero-order valence-electron chi connectivity index (χ0n) is 14.8. The van der Waals surface area contributed by atoms with Crippen LogP contribution in [-0.4, -0.2) is 47.5 Å². The van der Waals surface area contributed by atoms with Crippen LogP contribution in [0.25, 0.3) is 0 Å². The number of hydrogen-bond acceptors (Lipinski definition) is 5. The number of carbonyl (C=O) groups is 2. The summed E-state index contributed by atoms with van der Waals surface area (Å²) >= 11 is 0. The van der Waals surface area contributed by atoms with Gasteiger partial charge < -0.3 is 15.2 Å². The summed E-state index contributed by atoms with van der Waals surface area (Å²) in [6.45, 7) is 8.08. The Morgan fingerprint density at radius 2 is 2.08 bits per heavy atom. The number of carbonyl (C=O) groups excluding carboxylic acids is 2. The first-order valence-corrected chi connectivity index (χ1v) is 8.81. The Morgan fingerprint density at radius 1 is 1.38 bits per heavy atom. The van der Waals surface area contributed by atoms with Crippen LogP contribution in [0.15, 0.2) is 10.6 Å². The Balaban J connectivity index is 1.86. The van der Waals surface area contributed by atoms with Crippen LogP contribution in [0.5, 0.6) is 0 Å². The van der Waals surface area contributed by atoms with Crippen molar-refractivity contribution in [3.05, 3.63) is 11.8 Å². The lowest BCUT2D eigenvalue weighted by molar-refractivity contribution is -0.127. The molecule has 1 aromatic heterocycles. The highest BCUT2D eigenvalue weighted by Crippen LogP contribution is 2.21. The van der Waals surface area contributed by atoms with Crippen LogP contribution in [0, 0.1) is 12.8 Å². The number of nitrogens with one attached hydrogen (secondary N) is 2. The van der Waals surface area contributed by atoms with Crippen molar-refractivity contribution < 1.29 is 14.1 Å². The molecule has 0 spiro atoms. The lowest BCUT2D eigenvalue weighted by Crippen LogP contribution is -2.49. The molecule has 2 heterocycles. The van der Waals surface area contributed by atoms with E-state index in [2.05, 4.69) is 20.7 Å². The molecule has 1 saturated heterocycles. The molecule has 2 rings (SSSR count). The van der Waals surface area contributed by atoms with E-state index in [1.165, 1.54) is 0 Å². The monoisotopic (exact) mass is 336 g/mol. The van der Waals surface area contributed by atoms with E-state index >= 15 is 0 Å². The van der Waals surface area contributed by atoms with Crippen molar-refractivity contribution in [1.82, 2.24) is 15.4 Å². The molecule has 1 aromatic rings. The van der Waals surface area contributed by atoms with Gasteiger partial charge in [0.1, 0.15) is 5.76 Å². The van der Waals surface area contributed by atoms with Crippen molar-refractivity contribution in [3.8, 4) is 0 Å². The molecule has 0 bridgehead atoms. The molecule has 2 N–H and O–H groups in total. The molecular formula is C17H28N4O3. The summed E-state index contributed by atoms with van der Waals surface area (Å²) in [5.74, 6) is 1.25. The third-order valence-electron chi connectivity index (χ3n) is 4.46. The van der Waals surface area contributed by atoms with E-state index in [1.807, 2.05) is 13.8 Å². The minimum atomic E-state index is -0.207. The van der Waals surface area contributed by atoms with Gasteiger partial charge in [0.15, 0.2) is 5.82 Å². The average molecular weight is 336 g/mol. The number of piperidine rings is 1. The minimum Gasteiger partial charge on any atom is -0.360 e. The maximum atomic E-state index is 12.5. The zero-order valence-corrected chi connectivity index (χ0v) is 14.8. The predicted molar refractivity (Wildman–Crippen MR) is 91.5 cm³/mol. The zero-order chi connectivity index (χ0) is 17.5. The Labute approximate surface area is 143 Å². The minimum absolute atomic E-state index is 0.0616. The van der Waals surface area contributed by atoms with E-state index in [4.69, 9.17) is 4.52 Å². The van der Waals surface area contributed by atoms with Crippen LogP contribution >= 0.6 is 0 Å². The molecule has 0 aromatic carbocycles. The smallest absolute Gasteiger partial charge is 0.242 e. The molecule has 1 fully saturated rings. The molecule has 134 valence electrons. The third-order valence-corrected chi connectivity index (χ3v) is 4.46. The van der Waals surface area contributed by atoms with Crippen LogP contribution in [-0.2, 0) is 9.59 Å². The maximum Gasteiger partial charge on any atom is 0.242 e. The fraction of sp³-hybridized carbons (Fsp3) is 0.706. The predicted octanol–water partition coefficient (Wildman–Crippen LogP) is 1.94. The van der Waals surface area contributed by atoms with E-state index in [-0.39, 0.29) is 23.8 Å². The molecule has 0 saturated carbocycles. The summed E-state index contributed by atoms with van der Waals surface area (Å²) in [4.78, 5) is 26.7. The fourth-order valence-corrected chi connectivity index (χ4v) is 3.11. The van der Waals surface area contributed by atoms with Crippen LogP contribution in [0.3, 0.4) is 0 Å². The molecule has 24 heavy (non-hydrogen) atoms. The van der Waals surface area contributed by atoms with Gasteiger partial charge in [-0.2, -0.15) is 0 Å². The van der Waals surface area contributed by atoms with Crippen LogP contribution in [0.4, 0.5) is 5.82 Å². The Morgan fingerprint density at radius 3 is 2.62 bits per heavy atom. The van der Waals surface area contributed by atoms with Crippen LogP contribution < -0.4 is 10.6 Å². The molecule has 1 aliphatic rings. The second-order valence-corrected chi connectivity index (χ2v) is 6.34. The Hall–Kier alpha value is -1.89. The molecule has 1 aliphatic heterocycles. The van der Waals surface area contributed by atoms with E-state index in [0.29, 0.717) is 11.6 Å². The number of rotatable bonds is 7. The van der Waals surface area contributed by atoms with Crippen molar-refractivity contribution >= 4 is 17.6 Å². The lowest BCUT2D eigenvalue weighted by atomic mass is 9.94. The quantitative estimate of drug-likeness (QED) is 0.794. The number of aryl methyl sites for hydroxylation is 1. The molecule has 1 atom stereocenters. The highest BCUT2D eigenvalue weighted by molar-refractivity contribution is 5.94. The number of anilines is 1. The first kappa shape index (κ1) is 18.4. The van der Waals surface area contributed by atoms with Crippen LogP contribution in [0.2, 0.25) is 0 Å². The van der Waals surface area contributed by atoms with Gasteiger partial charge in [-0.3, -0.25) is 14.5 Å². The van der Waals surface area contributed by atoms with Gasteiger partial charge in [-0.25, -0.2) is 0 Å². The summed E-state index contributed by atoms with van der Waals surface area (Å²) < 4.78 is 4.97. The van der Waals surface area contributed by atoms with Gasteiger partial charge in [0, 0.05) is 18.5 Å². The van der Waals surface area contributed by atoms with Crippen molar-refractivity contribution in [2.45, 2.75) is 52.5 Å². The second kappa shape index (κ2) is 8.82. The largest absolute Gasteiger partial charge is 0.360 e.